The number of ether oxygens (including phenoxy) is 1. The van der Waals surface area contributed by atoms with Gasteiger partial charge in [-0.2, -0.15) is 5.26 Å². The van der Waals surface area contributed by atoms with Crippen molar-refractivity contribution in [2.75, 3.05) is 23.3 Å². The number of hydrazine groups is 1. The zero-order chi connectivity index (χ0) is 20.1. The molecule has 0 spiro atoms. The summed E-state index contributed by atoms with van der Waals surface area (Å²) in [5.74, 6) is 1.82. The van der Waals surface area contributed by atoms with E-state index in [0.717, 1.165) is 17.1 Å². The first-order valence-corrected chi connectivity index (χ1v) is 8.66. The van der Waals surface area contributed by atoms with E-state index in [9.17, 15) is 0 Å². The standard InChI is InChI=1S/C20H16N8O/c1-29-16-8-6-15(7-9-16)27-28-20-18-17(22-12-25-20)19(24-11-23-18)26-14-4-2-13(10-21)3-5-14/h2-9,11-12,27H,1H3,(H,22,25,28)(H,23,24,26). The summed E-state index contributed by atoms with van der Waals surface area (Å²) in [4.78, 5) is 17.2. The number of nitrogens with one attached hydrogen (secondary N) is 3. The second kappa shape index (κ2) is 8.06. The highest BCUT2D eigenvalue weighted by molar-refractivity contribution is 5.93. The Hall–Kier alpha value is -4.45. The van der Waals surface area contributed by atoms with Gasteiger partial charge < -0.3 is 10.1 Å². The summed E-state index contributed by atoms with van der Waals surface area (Å²) in [6.07, 6.45) is 2.88. The third-order valence-electron chi connectivity index (χ3n) is 4.11. The number of benzene rings is 2. The van der Waals surface area contributed by atoms with E-state index in [0.29, 0.717) is 28.2 Å². The molecule has 0 radical (unpaired) electrons. The van der Waals surface area contributed by atoms with Crippen LogP contribution in [-0.4, -0.2) is 27.0 Å². The molecule has 29 heavy (non-hydrogen) atoms. The van der Waals surface area contributed by atoms with Crippen molar-refractivity contribution >= 4 is 34.0 Å². The number of hydrogen-bond donors (Lipinski definition) is 3. The van der Waals surface area contributed by atoms with Crippen LogP contribution in [0.1, 0.15) is 5.56 Å². The Morgan fingerprint density at radius 2 is 1.38 bits per heavy atom. The fourth-order valence-electron chi connectivity index (χ4n) is 2.63. The molecular weight excluding hydrogens is 368 g/mol. The van der Waals surface area contributed by atoms with Gasteiger partial charge in [-0.15, -0.1) is 0 Å². The van der Waals surface area contributed by atoms with Gasteiger partial charge in [-0.3, -0.25) is 10.9 Å². The molecule has 2 aromatic carbocycles. The molecule has 0 saturated carbocycles. The van der Waals surface area contributed by atoms with E-state index in [2.05, 4.69) is 42.2 Å². The maximum absolute atomic E-state index is 8.92. The molecule has 2 aromatic heterocycles. The van der Waals surface area contributed by atoms with Crippen LogP contribution in [-0.2, 0) is 0 Å². The Labute approximate surface area is 166 Å². The summed E-state index contributed by atoms with van der Waals surface area (Å²) in [5.41, 5.74) is 9.45. The van der Waals surface area contributed by atoms with Gasteiger partial charge in [-0.05, 0) is 48.5 Å². The maximum atomic E-state index is 8.92. The molecule has 0 fully saturated rings. The first-order chi connectivity index (χ1) is 14.3. The van der Waals surface area contributed by atoms with Crippen molar-refractivity contribution in [1.82, 2.24) is 19.9 Å². The Kier molecular flexibility index (Phi) is 4.98. The Balaban J connectivity index is 1.57. The molecule has 0 bridgehead atoms. The normalized spacial score (nSPS) is 10.2. The van der Waals surface area contributed by atoms with E-state index in [1.165, 1.54) is 12.7 Å². The largest absolute Gasteiger partial charge is 0.497 e. The van der Waals surface area contributed by atoms with Crippen LogP contribution in [0.2, 0.25) is 0 Å². The Bertz CT molecular complexity index is 1170. The van der Waals surface area contributed by atoms with E-state index in [1.807, 2.05) is 24.3 Å². The number of rotatable bonds is 6. The zero-order valence-electron chi connectivity index (χ0n) is 15.4. The number of anilines is 4. The SMILES string of the molecule is COc1ccc(NNc2ncnc3c(Nc4ccc(C#N)cc4)ncnc23)cc1. The van der Waals surface area contributed by atoms with Gasteiger partial charge in [0.25, 0.3) is 0 Å². The predicted octanol–water partition coefficient (Wildman–Crippen LogP) is 3.48. The van der Waals surface area contributed by atoms with Gasteiger partial charge in [-0.25, -0.2) is 19.9 Å². The lowest BCUT2D eigenvalue weighted by Gasteiger charge is -2.12. The first kappa shape index (κ1) is 17.9. The second-order valence-corrected chi connectivity index (χ2v) is 5.93. The molecule has 0 aliphatic heterocycles. The minimum Gasteiger partial charge on any atom is -0.497 e. The molecule has 9 nitrogen and oxygen atoms in total. The fraction of sp³-hybridized carbons (Fsp3) is 0.0500. The predicted molar refractivity (Wildman–Crippen MR) is 110 cm³/mol. The summed E-state index contributed by atoms with van der Waals surface area (Å²) in [5, 5.41) is 12.1. The lowest BCUT2D eigenvalue weighted by Crippen LogP contribution is -2.11. The zero-order valence-corrected chi connectivity index (χ0v) is 15.4. The van der Waals surface area contributed by atoms with Crippen LogP contribution >= 0.6 is 0 Å². The summed E-state index contributed by atoms with van der Waals surface area (Å²) in [6, 6.07) is 16.6. The smallest absolute Gasteiger partial charge is 0.174 e. The molecular formula is C20H16N8O. The van der Waals surface area contributed by atoms with Crippen LogP contribution < -0.4 is 20.9 Å². The molecule has 0 saturated heterocycles. The summed E-state index contributed by atoms with van der Waals surface area (Å²) >= 11 is 0. The average molecular weight is 384 g/mol. The van der Waals surface area contributed by atoms with Crippen molar-refractivity contribution in [3.8, 4) is 11.8 Å². The number of methoxy groups -OCH3 is 1. The quantitative estimate of drug-likeness (QED) is 0.429. The molecule has 0 amide bonds. The molecule has 4 rings (SSSR count). The lowest BCUT2D eigenvalue weighted by atomic mass is 10.2. The van der Waals surface area contributed by atoms with Gasteiger partial charge in [0.05, 0.1) is 24.4 Å². The number of nitrogens with zero attached hydrogens (tertiary/aromatic N) is 5. The van der Waals surface area contributed by atoms with Crippen LogP contribution in [0.3, 0.4) is 0 Å². The molecule has 4 aromatic rings. The highest BCUT2D eigenvalue weighted by Gasteiger charge is 2.10. The average Bonchev–Trinajstić information content (AvgIpc) is 2.79. The maximum Gasteiger partial charge on any atom is 0.174 e. The van der Waals surface area contributed by atoms with Crippen molar-refractivity contribution < 1.29 is 4.74 Å². The monoisotopic (exact) mass is 384 g/mol. The van der Waals surface area contributed by atoms with Crippen molar-refractivity contribution in [3.63, 3.8) is 0 Å². The molecule has 0 unspecified atom stereocenters. The number of aromatic nitrogens is 4. The van der Waals surface area contributed by atoms with Gasteiger partial charge in [0.1, 0.15) is 29.4 Å². The van der Waals surface area contributed by atoms with Gasteiger partial charge in [-0.1, -0.05) is 0 Å². The van der Waals surface area contributed by atoms with E-state index in [-0.39, 0.29) is 0 Å². The van der Waals surface area contributed by atoms with E-state index >= 15 is 0 Å². The summed E-state index contributed by atoms with van der Waals surface area (Å²) in [6.45, 7) is 0. The molecule has 0 aliphatic rings. The van der Waals surface area contributed by atoms with Gasteiger partial charge in [0.15, 0.2) is 11.6 Å². The van der Waals surface area contributed by atoms with Gasteiger partial charge in [0, 0.05) is 5.69 Å². The molecule has 3 N–H and O–H groups in total. The minimum atomic E-state index is 0.510. The van der Waals surface area contributed by atoms with Crippen LogP contribution in [0.25, 0.3) is 11.0 Å². The van der Waals surface area contributed by atoms with Gasteiger partial charge >= 0.3 is 0 Å². The number of nitriles is 1. The van der Waals surface area contributed by atoms with Crippen LogP contribution in [0.15, 0.2) is 61.2 Å². The topological polar surface area (TPSA) is 121 Å². The summed E-state index contributed by atoms with van der Waals surface area (Å²) in [7, 11) is 1.62. The van der Waals surface area contributed by atoms with Crippen molar-refractivity contribution in [2.45, 2.75) is 0 Å². The van der Waals surface area contributed by atoms with Crippen molar-refractivity contribution in [1.29, 1.82) is 5.26 Å². The van der Waals surface area contributed by atoms with E-state index in [4.69, 9.17) is 10.00 Å². The second-order valence-electron chi connectivity index (χ2n) is 5.93. The summed E-state index contributed by atoms with van der Waals surface area (Å²) < 4.78 is 5.16. The minimum absolute atomic E-state index is 0.510. The van der Waals surface area contributed by atoms with Crippen LogP contribution in [0.5, 0.6) is 5.75 Å². The van der Waals surface area contributed by atoms with Crippen molar-refractivity contribution in [3.05, 3.63) is 66.7 Å². The van der Waals surface area contributed by atoms with Crippen LogP contribution in [0, 0.1) is 11.3 Å². The Morgan fingerprint density at radius 1 is 0.759 bits per heavy atom. The molecule has 9 heteroatoms. The van der Waals surface area contributed by atoms with E-state index in [1.54, 1.807) is 31.4 Å². The van der Waals surface area contributed by atoms with E-state index < -0.39 is 0 Å². The van der Waals surface area contributed by atoms with Crippen molar-refractivity contribution in [2.24, 2.45) is 0 Å². The fourth-order valence-corrected chi connectivity index (χ4v) is 2.63. The highest BCUT2D eigenvalue weighted by atomic mass is 16.5. The lowest BCUT2D eigenvalue weighted by molar-refractivity contribution is 0.415. The Morgan fingerprint density at radius 3 is 2.03 bits per heavy atom. The first-order valence-electron chi connectivity index (χ1n) is 8.66. The molecule has 2 heterocycles. The van der Waals surface area contributed by atoms with Gasteiger partial charge in [0.2, 0.25) is 0 Å². The van der Waals surface area contributed by atoms with Crippen LogP contribution in [0.4, 0.5) is 23.0 Å². The molecule has 0 aliphatic carbocycles. The third kappa shape index (κ3) is 3.96. The highest BCUT2D eigenvalue weighted by Crippen LogP contribution is 2.25. The number of hydrogen-bond acceptors (Lipinski definition) is 9. The third-order valence-corrected chi connectivity index (χ3v) is 4.11. The number of fused-ring (bicyclic) bond motifs is 1. The molecule has 0 atom stereocenters. The molecule has 142 valence electrons.